The highest BCUT2D eigenvalue weighted by atomic mass is 19.1. The second-order valence-electron chi connectivity index (χ2n) is 4.01. The highest BCUT2D eigenvalue weighted by Gasteiger charge is 2.41. The van der Waals surface area contributed by atoms with E-state index >= 15 is 0 Å². The van der Waals surface area contributed by atoms with E-state index in [2.05, 4.69) is 0 Å². The molecular formula is C12H13FO3. The first-order valence-corrected chi connectivity index (χ1v) is 5.22. The Kier molecular flexibility index (Phi) is 2.92. The average Bonchev–Trinajstić information content (AvgIpc) is 2.30. The molecule has 1 fully saturated rings. The van der Waals surface area contributed by atoms with Crippen molar-refractivity contribution in [2.45, 2.75) is 18.3 Å². The van der Waals surface area contributed by atoms with Gasteiger partial charge in [-0.1, -0.05) is 12.1 Å². The predicted octanol–water partition coefficient (Wildman–Crippen LogP) is 1.96. The van der Waals surface area contributed by atoms with Gasteiger partial charge in [-0.25, -0.2) is 4.39 Å². The van der Waals surface area contributed by atoms with Gasteiger partial charge in [0.25, 0.3) is 0 Å². The molecule has 2 rings (SSSR count). The quantitative estimate of drug-likeness (QED) is 0.835. The lowest BCUT2D eigenvalue weighted by Gasteiger charge is -2.33. The lowest BCUT2D eigenvalue weighted by molar-refractivity contribution is -0.147. The smallest absolute Gasteiger partial charge is 0.314 e. The standard InChI is InChI=1S/C12H13FO3/c13-10-3-1-2-9(8-10)12(11(14)15)4-6-16-7-5-12/h1-3,8H,4-7H2,(H,14,15). The number of ether oxygens (including phenoxy) is 1. The summed E-state index contributed by atoms with van der Waals surface area (Å²) in [6, 6.07) is 5.84. The van der Waals surface area contributed by atoms with E-state index in [0.717, 1.165) is 0 Å². The van der Waals surface area contributed by atoms with Crippen molar-refractivity contribution in [1.82, 2.24) is 0 Å². The van der Waals surface area contributed by atoms with Crippen molar-refractivity contribution in [1.29, 1.82) is 0 Å². The van der Waals surface area contributed by atoms with Crippen LogP contribution in [0.2, 0.25) is 0 Å². The fourth-order valence-corrected chi connectivity index (χ4v) is 2.13. The van der Waals surface area contributed by atoms with E-state index in [1.807, 2.05) is 0 Å². The Morgan fingerprint density at radius 1 is 1.38 bits per heavy atom. The number of hydrogen-bond donors (Lipinski definition) is 1. The van der Waals surface area contributed by atoms with Crippen LogP contribution in [0.1, 0.15) is 18.4 Å². The minimum Gasteiger partial charge on any atom is -0.481 e. The van der Waals surface area contributed by atoms with Crippen molar-refractivity contribution in [3.05, 3.63) is 35.6 Å². The topological polar surface area (TPSA) is 46.5 Å². The molecule has 1 aromatic rings. The molecule has 1 saturated heterocycles. The Bertz CT molecular complexity index is 397. The van der Waals surface area contributed by atoms with E-state index < -0.39 is 17.2 Å². The maximum atomic E-state index is 13.1. The van der Waals surface area contributed by atoms with Gasteiger partial charge in [-0.15, -0.1) is 0 Å². The molecule has 0 atom stereocenters. The van der Waals surface area contributed by atoms with Crippen molar-refractivity contribution >= 4 is 5.97 Å². The SMILES string of the molecule is O=C(O)C1(c2cccc(F)c2)CCOCC1. The van der Waals surface area contributed by atoms with Crippen LogP contribution in [0.15, 0.2) is 24.3 Å². The van der Waals surface area contributed by atoms with Crippen LogP contribution in [-0.4, -0.2) is 24.3 Å². The third-order valence-electron chi connectivity index (χ3n) is 3.13. The molecule has 0 saturated carbocycles. The number of carboxylic acids is 1. The number of rotatable bonds is 2. The molecule has 1 aromatic carbocycles. The van der Waals surface area contributed by atoms with Crippen LogP contribution in [0.3, 0.4) is 0 Å². The number of carboxylic acid groups (broad SMARTS) is 1. The Labute approximate surface area is 92.9 Å². The molecule has 86 valence electrons. The highest BCUT2D eigenvalue weighted by molar-refractivity contribution is 5.81. The van der Waals surface area contributed by atoms with Crippen LogP contribution in [0.5, 0.6) is 0 Å². The van der Waals surface area contributed by atoms with E-state index in [1.165, 1.54) is 12.1 Å². The molecule has 0 aromatic heterocycles. The lowest BCUT2D eigenvalue weighted by atomic mass is 9.74. The van der Waals surface area contributed by atoms with Crippen LogP contribution in [0.25, 0.3) is 0 Å². The fraction of sp³-hybridized carbons (Fsp3) is 0.417. The largest absolute Gasteiger partial charge is 0.481 e. The summed E-state index contributed by atoms with van der Waals surface area (Å²) in [5.74, 6) is -1.30. The third kappa shape index (κ3) is 1.80. The summed E-state index contributed by atoms with van der Waals surface area (Å²) < 4.78 is 18.3. The molecule has 0 amide bonds. The summed E-state index contributed by atoms with van der Waals surface area (Å²) in [5, 5.41) is 9.36. The highest BCUT2D eigenvalue weighted by Crippen LogP contribution is 2.35. The Balaban J connectivity index is 2.42. The molecule has 1 heterocycles. The molecular weight excluding hydrogens is 211 g/mol. The zero-order valence-corrected chi connectivity index (χ0v) is 8.78. The molecule has 16 heavy (non-hydrogen) atoms. The Morgan fingerprint density at radius 3 is 2.62 bits per heavy atom. The summed E-state index contributed by atoms with van der Waals surface area (Å²) in [5.41, 5.74) is -0.455. The number of benzene rings is 1. The molecule has 0 aliphatic carbocycles. The summed E-state index contributed by atoms with van der Waals surface area (Å²) >= 11 is 0. The van der Waals surface area contributed by atoms with E-state index in [-0.39, 0.29) is 0 Å². The molecule has 1 aliphatic heterocycles. The van der Waals surface area contributed by atoms with Crippen molar-refractivity contribution in [2.75, 3.05) is 13.2 Å². The average molecular weight is 224 g/mol. The first-order valence-electron chi connectivity index (χ1n) is 5.22. The molecule has 0 radical (unpaired) electrons. The van der Waals surface area contributed by atoms with Crippen LogP contribution in [-0.2, 0) is 14.9 Å². The number of halogens is 1. The summed E-state index contributed by atoms with van der Waals surface area (Å²) in [6.07, 6.45) is 0.789. The van der Waals surface area contributed by atoms with Gasteiger partial charge in [-0.05, 0) is 30.5 Å². The van der Waals surface area contributed by atoms with Gasteiger partial charge in [0, 0.05) is 13.2 Å². The third-order valence-corrected chi connectivity index (χ3v) is 3.13. The lowest BCUT2D eigenvalue weighted by Crippen LogP contribution is -2.41. The van der Waals surface area contributed by atoms with Gasteiger partial charge >= 0.3 is 5.97 Å². The second kappa shape index (κ2) is 4.22. The van der Waals surface area contributed by atoms with Gasteiger partial charge in [-0.3, -0.25) is 4.79 Å². The first kappa shape index (κ1) is 11.1. The van der Waals surface area contributed by atoms with E-state index in [1.54, 1.807) is 12.1 Å². The Morgan fingerprint density at radius 2 is 2.06 bits per heavy atom. The van der Waals surface area contributed by atoms with Crippen molar-refractivity contribution in [2.24, 2.45) is 0 Å². The van der Waals surface area contributed by atoms with Gasteiger partial charge in [0.1, 0.15) is 5.82 Å². The molecule has 3 nitrogen and oxygen atoms in total. The van der Waals surface area contributed by atoms with E-state index in [0.29, 0.717) is 31.6 Å². The van der Waals surface area contributed by atoms with Crippen molar-refractivity contribution in [3.63, 3.8) is 0 Å². The summed E-state index contributed by atoms with van der Waals surface area (Å²) in [7, 11) is 0. The van der Waals surface area contributed by atoms with Crippen molar-refractivity contribution < 1.29 is 19.0 Å². The minimum absolute atomic E-state index is 0.395. The van der Waals surface area contributed by atoms with Gasteiger partial charge in [0.2, 0.25) is 0 Å². The van der Waals surface area contributed by atoms with Gasteiger partial charge in [-0.2, -0.15) is 0 Å². The fourth-order valence-electron chi connectivity index (χ4n) is 2.13. The molecule has 0 spiro atoms. The molecule has 0 bridgehead atoms. The Hall–Kier alpha value is -1.42. The van der Waals surface area contributed by atoms with Crippen LogP contribution >= 0.6 is 0 Å². The minimum atomic E-state index is -0.986. The molecule has 0 unspecified atom stereocenters. The second-order valence-corrected chi connectivity index (χ2v) is 4.01. The van der Waals surface area contributed by atoms with Crippen LogP contribution < -0.4 is 0 Å². The maximum Gasteiger partial charge on any atom is 0.314 e. The summed E-state index contributed by atoms with van der Waals surface area (Å²) in [6.45, 7) is 0.811. The van der Waals surface area contributed by atoms with E-state index in [9.17, 15) is 14.3 Å². The predicted molar refractivity (Wildman–Crippen MR) is 55.8 cm³/mol. The monoisotopic (exact) mass is 224 g/mol. The molecule has 1 aliphatic rings. The van der Waals surface area contributed by atoms with Crippen molar-refractivity contribution in [3.8, 4) is 0 Å². The van der Waals surface area contributed by atoms with Crippen LogP contribution in [0, 0.1) is 5.82 Å². The zero-order valence-electron chi connectivity index (χ0n) is 8.78. The van der Waals surface area contributed by atoms with Gasteiger partial charge in [0.05, 0.1) is 5.41 Å². The molecule has 4 heteroatoms. The van der Waals surface area contributed by atoms with Gasteiger partial charge < -0.3 is 9.84 Å². The summed E-state index contributed by atoms with van der Waals surface area (Å²) in [4.78, 5) is 11.4. The number of aliphatic carboxylic acids is 1. The number of carbonyl (C=O) groups is 1. The zero-order chi connectivity index (χ0) is 11.6. The maximum absolute atomic E-state index is 13.1. The normalized spacial score (nSPS) is 19.3. The molecule has 1 N–H and O–H groups in total. The van der Waals surface area contributed by atoms with E-state index in [4.69, 9.17) is 4.74 Å². The van der Waals surface area contributed by atoms with Gasteiger partial charge in [0.15, 0.2) is 0 Å². The number of hydrogen-bond acceptors (Lipinski definition) is 2. The first-order chi connectivity index (χ1) is 7.65. The van der Waals surface area contributed by atoms with Crippen LogP contribution in [0.4, 0.5) is 4.39 Å².